The van der Waals surface area contributed by atoms with Crippen molar-refractivity contribution in [1.82, 2.24) is 15.2 Å². The number of aromatic amines is 2. The molecule has 2 aromatic rings. The zero-order chi connectivity index (χ0) is 11.0. The molecule has 0 fully saturated rings. The van der Waals surface area contributed by atoms with Crippen LogP contribution in [0, 0.1) is 4.77 Å². The van der Waals surface area contributed by atoms with Gasteiger partial charge in [0.15, 0.2) is 0 Å². The van der Waals surface area contributed by atoms with Gasteiger partial charge in [-0.3, -0.25) is 10.2 Å². The van der Waals surface area contributed by atoms with Gasteiger partial charge in [-0.1, -0.05) is 18.2 Å². The number of hydrogen-bond acceptors (Lipinski definition) is 3. The average molecular weight is 233 g/mol. The summed E-state index contributed by atoms with van der Waals surface area (Å²) < 4.78 is 6.19. The molecule has 0 bridgehead atoms. The first kappa shape index (κ1) is 9.59. The summed E-state index contributed by atoms with van der Waals surface area (Å²) in [5.41, 5.74) is 1.22. The largest absolute Gasteiger partial charge is 0.493 e. The maximum atomic E-state index is 5.69. The molecular formula is C11H11N3OS. The lowest BCUT2D eigenvalue weighted by Gasteiger charge is -2.23. The number of fused-ring (bicyclic) bond motifs is 1. The summed E-state index contributed by atoms with van der Waals surface area (Å²) in [4.78, 5) is 4.23. The Morgan fingerprint density at radius 2 is 2.19 bits per heavy atom. The Bertz CT molecular complexity index is 560. The van der Waals surface area contributed by atoms with E-state index in [1.807, 2.05) is 18.2 Å². The Balaban J connectivity index is 1.90. The minimum atomic E-state index is 0.253. The first-order chi connectivity index (χ1) is 7.83. The molecule has 0 spiro atoms. The highest BCUT2D eigenvalue weighted by molar-refractivity contribution is 7.71. The lowest BCUT2D eigenvalue weighted by atomic mass is 9.96. The fourth-order valence-electron chi connectivity index (χ4n) is 1.98. The molecule has 3 rings (SSSR count). The van der Waals surface area contributed by atoms with Gasteiger partial charge in [0.25, 0.3) is 0 Å². The summed E-state index contributed by atoms with van der Waals surface area (Å²) in [6, 6.07) is 8.10. The van der Waals surface area contributed by atoms with Gasteiger partial charge in [-0.2, -0.15) is 0 Å². The van der Waals surface area contributed by atoms with Crippen molar-refractivity contribution in [2.75, 3.05) is 6.61 Å². The van der Waals surface area contributed by atoms with E-state index in [0.717, 1.165) is 18.0 Å². The second-order valence-corrected chi connectivity index (χ2v) is 4.26. The van der Waals surface area contributed by atoms with E-state index in [0.29, 0.717) is 11.4 Å². The van der Waals surface area contributed by atoms with Gasteiger partial charge in [-0.15, -0.1) is 0 Å². The maximum absolute atomic E-state index is 5.69. The lowest BCUT2D eigenvalue weighted by molar-refractivity contribution is 0.258. The van der Waals surface area contributed by atoms with Crippen LogP contribution in [0.5, 0.6) is 5.75 Å². The van der Waals surface area contributed by atoms with E-state index < -0.39 is 0 Å². The first-order valence-electron chi connectivity index (χ1n) is 5.18. The molecule has 1 atom stereocenters. The highest BCUT2D eigenvalue weighted by Gasteiger charge is 2.22. The molecular weight excluding hydrogens is 222 g/mol. The Hall–Kier alpha value is -1.62. The van der Waals surface area contributed by atoms with E-state index in [4.69, 9.17) is 17.0 Å². The van der Waals surface area contributed by atoms with Crippen molar-refractivity contribution in [3.63, 3.8) is 0 Å². The number of para-hydroxylation sites is 1. The molecule has 0 saturated carbocycles. The minimum Gasteiger partial charge on any atom is -0.493 e. The molecule has 0 amide bonds. The van der Waals surface area contributed by atoms with Crippen molar-refractivity contribution >= 4 is 12.2 Å². The number of H-pyrrole nitrogens is 2. The molecule has 2 heterocycles. The Morgan fingerprint density at radius 3 is 3.00 bits per heavy atom. The monoisotopic (exact) mass is 233 g/mol. The molecule has 0 radical (unpaired) electrons. The molecule has 82 valence electrons. The number of hydrogen-bond donors (Lipinski definition) is 2. The zero-order valence-corrected chi connectivity index (χ0v) is 9.38. The standard InChI is InChI=1S/C11H11N3OS/c16-11-12-10(13-14-11)8-5-7-3-1-2-4-9(7)15-6-8/h1-4,8H,5-6H2,(H2,12,13,14,16). The summed E-state index contributed by atoms with van der Waals surface area (Å²) in [6.07, 6.45) is 0.937. The molecule has 0 saturated heterocycles. The first-order valence-corrected chi connectivity index (χ1v) is 5.59. The van der Waals surface area contributed by atoms with Crippen molar-refractivity contribution in [3.05, 3.63) is 40.4 Å². The van der Waals surface area contributed by atoms with Crippen LogP contribution < -0.4 is 4.74 Å². The summed E-state index contributed by atoms with van der Waals surface area (Å²) >= 11 is 4.94. The molecule has 1 aromatic carbocycles. The smallest absolute Gasteiger partial charge is 0.213 e. The Kier molecular flexibility index (Phi) is 2.25. The molecule has 0 aliphatic carbocycles. The van der Waals surface area contributed by atoms with Gasteiger partial charge in [-0.05, 0) is 30.3 Å². The quantitative estimate of drug-likeness (QED) is 0.742. The summed E-state index contributed by atoms with van der Waals surface area (Å²) in [5.74, 6) is 2.11. The highest BCUT2D eigenvalue weighted by Crippen LogP contribution is 2.30. The number of nitrogens with zero attached hydrogens (tertiary/aromatic N) is 1. The molecule has 1 aliphatic rings. The highest BCUT2D eigenvalue weighted by atomic mass is 32.1. The maximum Gasteiger partial charge on any atom is 0.213 e. The van der Waals surface area contributed by atoms with Gasteiger partial charge in [0.1, 0.15) is 11.6 Å². The molecule has 1 unspecified atom stereocenters. The molecule has 2 N–H and O–H groups in total. The van der Waals surface area contributed by atoms with E-state index in [-0.39, 0.29) is 5.92 Å². The third kappa shape index (κ3) is 1.63. The predicted octanol–water partition coefficient (Wildman–Crippen LogP) is 2.19. The van der Waals surface area contributed by atoms with E-state index in [2.05, 4.69) is 21.2 Å². The topological polar surface area (TPSA) is 53.7 Å². The van der Waals surface area contributed by atoms with Crippen molar-refractivity contribution in [1.29, 1.82) is 0 Å². The summed E-state index contributed by atoms with van der Waals surface area (Å²) in [7, 11) is 0. The SMILES string of the molecule is S=c1nc(C2COc3ccccc3C2)[nH][nH]1. The number of aromatic nitrogens is 3. The van der Waals surface area contributed by atoms with Crippen molar-refractivity contribution in [2.24, 2.45) is 0 Å². The molecule has 4 nitrogen and oxygen atoms in total. The van der Waals surface area contributed by atoms with Gasteiger partial charge in [0.2, 0.25) is 4.77 Å². The summed E-state index contributed by atoms with van der Waals surface area (Å²) in [5, 5.41) is 5.80. The molecule has 16 heavy (non-hydrogen) atoms. The van der Waals surface area contributed by atoms with Gasteiger partial charge < -0.3 is 4.74 Å². The van der Waals surface area contributed by atoms with Gasteiger partial charge in [-0.25, -0.2) is 4.98 Å². The number of rotatable bonds is 1. The van der Waals surface area contributed by atoms with Crippen LogP contribution in [-0.4, -0.2) is 21.8 Å². The zero-order valence-electron chi connectivity index (χ0n) is 8.56. The second kappa shape index (κ2) is 3.75. The van der Waals surface area contributed by atoms with E-state index in [1.165, 1.54) is 5.56 Å². The van der Waals surface area contributed by atoms with Crippen molar-refractivity contribution < 1.29 is 4.74 Å². The third-order valence-corrected chi connectivity index (χ3v) is 2.98. The minimum absolute atomic E-state index is 0.253. The van der Waals surface area contributed by atoms with Crippen molar-refractivity contribution in [3.8, 4) is 5.75 Å². The summed E-state index contributed by atoms with van der Waals surface area (Å²) in [6.45, 7) is 0.646. The number of nitrogens with one attached hydrogen (secondary N) is 2. The van der Waals surface area contributed by atoms with Crippen LogP contribution in [0.4, 0.5) is 0 Å². The van der Waals surface area contributed by atoms with Crippen LogP contribution >= 0.6 is 12.2 Å². The predicted molar refractivity (Wildman–Crippen MR) is 62.2 cm³/mol. The third-order valence-electron chi connectivity index (χ3n) is 2.79. The number of ether oxygens (including phenoxy) is 1. The average Bonchev–Trinajstić information content (AvgIpc) is 2.75. The fraction of sp³-hybridized carbons (Fsp3) is 0.273. The van der Waals surface area contributed by atoms with E-state index in [1.54, 1.807) is 0 Å². The van der Waals surface area contributed by atoms with Crippen molar-refractivity contribution in [2.45, 2.75) is 12.3 Å². The Morgan fingerprint density at radius 1 is 1.31 bits per heavy atom. The normalized spacial score (nSPS) is 18.9. The van der Waals surface area contributed by atoms with Crippen LogP contribution in [0.2, 0.25) is 0 Å². The molecule has 5 heteroatoms. The molecule has 1 aliphatic heterocycles. The van der Waals surface area contributed by atoms with Crippen LogP contribution in [0.15, 0.2) is 24.3 Å². The fourth-order valence-corrected chi connectivity index (χ4v) is 2.13. The van der Waals surface area contributed by atoms with Crippen LogP contribution in [0.1, 0.15) is 17.3 Å². The van der Waals surface area contributed by atoms with Gasteiger partial charge in [0.05, 0.1) is 12.5 Å². The molecule has 1 aromatic heterocycles. The van der Waals surface area contributed by atoms with Crippen LogP contribution in [0.25, 0.3) is 0 Å². The number of benzene rings is 1. The van der Waals surface area contributed by atoms with E-state index in [9.17, 15) is 0 Å². The lowest BCUT2D eigenvalue weighted by Crippen LogP contribution is -2.20. The van der Waals surface area contributed by atoms with E-state index >= 15 is 0 Å². The van der Waals surface area contributed by atoms with Gasteiger partial charge in [0, 0.05) is 0 Å². The van der Waals surface area contributed by atoms with Crippen LogP contribution in [0.3, 0.4) is 0 Å². The second-order valence-electron chi connectivity index (χ2n) is 3.87. The van der Waals surface area contributed by atoms with Gasteiger partial charge >= 0.3 is 0 Å². The van der Waals surface area contributed by atoms with Crippen LogP contribution in [-0.2, 0) is 6.42 Å². The Labute approximate surface area is 97.7 Å².